The van der Waals surface area contributed by atoms with Crippen LogP contribution in [0.25, 0.3) is 0 Å². The largest absolute Gasteiger partial charge is 0.0895 e. The Morgan fingerprint density at radius 1 is 0.938 bits per heavy atom. The van der Waals surface area contributed by atoms with E-state index >= 15 is 0 Å². The highest BCUT2D eigenvalue weighted by Gasteiger charge is 2.23. The Hall–Kier alpha value is -1.21. The van der Waals surface area contributed by atoms with E-state index in [1.54, 1.807) is 0 Å². The molecule has 16 heavy (non-hydrogen) atoms. The lowest BCUT2D eigenvalue weighted by Crippen LogP contribution is -2.06. The van der Waals surface area contributed by atoms with Crippen LogP contribution in [0.3, 0.4) is 0 Å². The van der Waals surface area contributed by atoms with Gasteiger partial charge in [0, 0.05) is 15.7 Å². The third kappa shape index (κ3) is 1.39. The summed E-state index contributed by atoms with van der Waals surface area (Å²) < 4.78 is 0. The second-order valence-corrected chi connectivity index (χ2v) is 5.43. The normalized spacial score (nSPS) is 17.8. The first kappa shape index (κ1) is 9.98. The van der Waals surface area contributed by atoms with Crippen molar-refractivity contribution in [2.45, 2.75) is 29.6 Å². The molecule has 0 N–H and O–H groups in total. The van der Waals surface area contributed by atoms with Crippen LogP contribution in [-0.2, 0) is 0 Å². The second kappa shape index (κ2) is 3.67. The summed E-state index contributed by atoms with van der Waals surface area (Å²) >= 11 is 1.90. The molecule has 1 heteroatoms. The number of hydrogen-bond acceptors (Lipinski definition) is 1. The average Bonchev–Trinajstić information content (AvgIpc) is 2.29. The first-order valence-electron chi connectivity index (χ1n) is 5.63. The molecule has 2 aromatic carbocycles. The molecule has 0 saturated heterocycles. The zero-order valence-electron chi connectivity index (χ0n) is 9.53. The van der Waals surface area contributed by atoms with Gasteiger partial charge in [-0.1, -0.05) is 49.0 Å². The van der Waals surface area contributed by atoms with Crippen LogP contribution in [-0.4, -0.2) is 0 Å². The van der Waals surface area contributed by atoms with E-state index in [9.17, 15) is 0 Å². The summed E-state index contributed by atoms with van der Waals surface area (Å²) in [6.07, 6.45) is 0. The van der Waals surface area contributed by atoms with Crippen LogP contribution in [0.15, 0.2) is 52.3 Å². The van der Waals surface area contributed by atoms with Gasteiger partial charge >= 0.3 is 0 Å². The maximum absolute atomic E-state index is 2.31. The van der Waals surface area contributed by atoms with Gasteiger partial charge in [-0.15, -0.1) is 0 Å². The third-order valence-electron chi connectivity index (χ3n) is 3.32. The fraction of sp³-hybridized carbons (Fsp3) is 0.200. The Kier molecular flexibility index (Phi) is 2.29. The molecule has 0 bridgehead atoms. The molecule has 0 amide bonds. The number of aryl methyl sites for hydroxylation is 1. The average molecular weight is 226 g/mol. The van der Waals surface area contributed by atoms with Crippen molar-refractivity contribution < 1.29 is 0 Å². The first-order chi connectivity index (χ1) is 7.77. The molecular weight excluding hydrogens is 212 g/mol. The molecule has 0 fully saturated rings. The Labute approximate surface area is 101 Å². The quantitative estimate of drug-likeness (QED) is 0.632. The summed E-state index contributed by atoms with van der Waals surface area (Å²) in [5.74, 6) is 0.522. The minimum absolute atomic E-state index is 0.522. The zero-order chi connectivity index (χ0) is 11.1. The molecule has 0 aliphatic carbocycles. The van der Waals surface area contributed by atoms with Gasteiger partial charge in [-0.25, -0.2) is 0 Å². The molecule has 0 aromatic heterocycles. The minimum atomic E-state index is 0.522. The maximum atomic E-state index is 2.31. The lowest BCUT2D eigenvalue weighted by molar-refractivity contribution is 0.845. The standard InChI is InChI=1S/C15H14S/c1-10-6-5-9-14-15(10)11(2)12-7-3-4-8-13(12)16-14/h3-9,11H,1-2H3. The number of rotatable bonds is 0. The topological polar surface area (TPSA) is 0 Å². The van der Waals surface area contributed by atoms with Gasteiger partial charge in [0.1, 0.15) is 0 Å². The van der Waals surface area contributed by atoms with Gasteiger partial charge in [0.05, 0.1) is 0 Å². The van der Waals surface area contributed by atoms with Crippen LogP contribution in [0.2, 0.25) is 0 Å². The molecule has 0 nitrogen and oxygen atoms in total. The molecule has 1 unspecified atom stereocenters. The summed E-state index contributed by atoms with van der Waals surface area (Å²) in [6.45, 7) is 4.52. The molecule has 2 aromatic rings. The van der Waals surface area contributed by atoms with E-state index in [1.165, 1.54) is 26.5 Å². The predicted molar refractivity (Wildman–Crippen MR) is 69.3 cm³/mol. The summed E-state index contributed by atoms with van der Waals surface area (Å²) in [4.78, 5) is 2.83. The van der Waals surface area contributed by atoms with E-state index in [0.717, 1.165) is 0 Å². The molecule has 0 radical (unpaired) electrons. The van der Waals surface area contributed by atoms with Crippen molar-refractivity contribution in [3.63, 3.8) is 0 Å². The Bertz CT molecular complexity index is 543. The van der Waals surface area contributed by atoms with Gasteiger partial charge in [-0.2, -0.15) is 0 Å². The molecule has 3 rings (SSSR count). The fourth-order valence-corrected chi connectivity index (χ4v) is 3.84. The van der Waals surface area contributed by atoms with Crippen molar-refractivity contribution >= 4 is 11.8 Å². The van der Waals surface area contributed by atoms with Gasteiger partial charge in [-0.05, 0) is 35.7 Å². The molecular formula is C15H14S. The van der Waals surface area contributed by atoms with E-state index in [-0.39, 0.29) is 0 Å². The highest BCUT2D eigenvalue weighted by Crippen LogP contribution is 2.46. The number of benzene rings is 2. The molecule has 1 heterocycles. The van der Waals surface area contributed by atoms with Crippen molar-refractivity contribution in [3.05, 3.63) is 59.2 Å². The van der Waals surface area contributed by atoms with Gasteiger partial charge in [0.2, 0.25) is 0 Å². The van der Waals surface area contributed by atoms with Crippen molar-refractivity contribution in [3.8, 4) is 0 Å². The second-order valence-electron chi connectivity index (χ2n) is 4.35. The highest BCUT2D eigenvalue weighted by atomic mass is 32.2. The molecule has 1 atom stereocenters. The fourth-order valence-electron chi connectivity index (χ4n) is 2.50. The van der Waals surface area contributed by atoms with Crippen molar-refractivity contribution in [1.29, 1.82) is 0 Å². The van der Waals surface area contributed by atoms with E-state index in [2.05, 4.69) is 56.3 Å². The van der Waals surface area contributed by atoms with Gasteiger partial charge in [-0.3, -0.25) is 0 Å². The predicted octanol–water partition coefficient (Wildman–Crippen LogP) is 4.61. The summed E-state index contributed by atoms with van der Waals surface area (Å²) in [5, 5.41) is 0. The molecule has 80 valence electrons. The van der Waals surface area contributed by atoms with E-state index in [4.69, 9.17) is 0 Å². The van der Waals surface area contributed by atoms with Crippen LogP contribution in [0.4, 0.5) is 0 Å². The van der Waals surface area contributed by atoms with Crippen molar-refractivity contribution in [1.82, 2.24) is 0 Å². The Morgan fingerprint density at radius 3 is 2.56 bits per heavy atom. The Balaban J connectivity index is 2.23. The summed E-state index contributed by atoms with van der Waals surface area (Å²) in [5.41, 5.74) is 4.38. The lowest BCUT2D eigenvalue weighted by atomic mass is 9.89. The summed E-state index contributed by atoms with van der Waals surface area (Å²) in [6, 6.07) is 15.3. The third-order valence-corrected chi connectivity index (χ3v) is 4.49. The van der Waals surface area contributed by atoms with Crippen molar-refractivity contribution in [2.75, 3.05) is 0 Å². The van der Waals surface area contributed by atoms with Crippen molar-refractivity contribution in [2.24, 2.45) is 0 Å². The van der Waals surface area contributed by atoms with E-state index < -0.39 is 0 Å². The minimum Gasteiger partial charge on any atom is -0.0895 e. The monoisotopic (exact) mass is 226 g/mol. The highest BCUT2D eigenvalue weighted by molar-refractivity contribution is 7.99. The first-order valence-corrected chi connectivity index (χ1v) is 6.45. The maximum Gasteiger partial charge on any atom is 0.0163 e. The van der Waals surface area contributed by atoms with E-state index in [1.807, 2.05) is 11.8 Å². The molecule has 0 spiro atoms. The SMILES string of the molecule is Cc1cccc2c1C(C)c1ccccc1S2. The summed E-state index contributed by atoms with van der Waals surface area (Å²) in [7, 11) is 0. The molecule has 1 aliphatic heterocycles. The van der Waals surface area contributed by atoms with Crippen LogP contribution in [0, 0.1) is 6.92 Å². The van der Waals surface area contributed by atoms with Crippen LogP contribution < -0.4 is 0 Å². The van der Waals surface area contributed by atoms with Crippen LogP contribution >= 0.6 is 11.8 Å². The van der Waals surface area contributed by atoms with Crippen LogP contribution in [0.5, 0.6) is 0 Å². The number of fused-ring (bicyclic) bond motifs is 2. The zero-order valence-corrected chi connectivity index (χ0v) is 10.3. The lowest BCUT2D eigenvalue weighted by Gasteiger charge is -2.26. The smallest absolute Gasteiger partial charge is 0.0163 e. The Morgan fingerprint density at radius 2 is 1.69 bits per heavy atom. The molecule has 1 aliphatic rings. The van der Waals surface area contributed by atoms with Gasteiger partial charge in [0.25, 0.3) is 0 Å². The van der Waals surface area contributed by atoms with E-state index in [0.29, 0.717) is 5.92 Å². The number of hydrogen-bond donors (Lipinski definition) is 0. The molecule has 0 saturated carbocycles. The van der Waals surface area contributed by atoms with Gasteiger partial charge < -0.3 is 0 Å². The van der Waals surface area contributed by atoms with Crippen LogP contribution in [0.1, 0.15) is 29.5 Å². The van der Waals surface area contributed by atoms with Gasteiger partial charge in [0.15, 0.2) is 0 Å².